The summed E-state index contributed by atoms with van der Waals surface area (Å²) < 4.78 is 5.48. The molecule has 1 aromatic carbocycles. The largest absolute Gasteiger partial charge is 0.466 e. The van der Waals surface area contributed by atoms with Crippen LogP contribution in [0.15, 0.2) is 42.5 Å². The number of hydrogen-bond donors (Lipinski definition) is 0. The molecule has 0 amide bonds. The van der Waals surface area contributed by atoms with Gasteiger partial charge in [0, 0.05) is 30.7 Å². The second kappa shape index (κ2) is 7.61. The van der Waals surface area contributed by atoms with E-state index in [9.17, 15) is 4.79 Å². The number of carbonyl (C=O) groups is 1. The van der Waals surface area contributed by atoms with E-state index < -0.39 is 0 Å². The minimum absolute atomic E-state index is 0.0872. The smallest absolute Gasteiger partial charge is 0.311 e. The number of likely N-dealkylation sites (tertiary alicyclic amines) is 1. The molecule has 2 aromatic rings. The quantitative estimate of drug-likeness (QED) is 0.590. The fourth-order valence-corrected chi connectivity index (χ4v) is 5.03. The van der Waals surface area contributed by atoms with Crippen molar-refractivity contribution in [1.29, 1.82) is 0 Å². The molecule has 0 N–H and O–H groups in total. The maximum Gasteiger partial charge on any atom is 0.311 e. The van der Waals surface area contributed by atoms with E-state index in [-0.39, 0.29) is 17.3 Å². The maximum absolute atomic E-state index is 12.9. The van der Waals surface area contributed by atoms with Gasteiger partial charge < -0.3 is 4.74 Å². The van der Waals surface area contributed by atoms with E-state index in [2.05, 4.69) is 40.2 Å². The summed E-state index contributed by atoms with van der Waals surface area (Å²) in [5.74, 6) is -0.251. The monoisotopic (exact) mass is 384 g/mol. The van der Waals surface area contributed by atoms with Gasteiger partial charge in [-0.3, -0.25) is 9.69 Å². The van der Waals surface area contributed by atoms with Crippen molar-refractivity contribution in [2.75, 3.05) is 19.7 Å². The number of rotatable bonds is 4. The fourth-order valence-electron chi connectivity index (χ4n) is 4.86. The number of aryl methyl sites for hydroxylation is 1. The zero-order valence-electron chi connectivity index (χ0n) is 15.7. The van der Waals surface area contributed by atoms with Gasteiger partial charge in [-0.25, -0.2) is 4.98 Å². The summed E-state index contributed by atoms with van der Waals surface area (Å²) in [5.41, 5.74) is 3.27. The molecule has 4 rings (SSSR count). The van der Waals surface area contributed by atoms with E-state index in [4.69, 9.17) is 16.3 Å². The van der Waals surface area contributed by atoms with E-state index in [1.54, 1.807) is 0 Å². The summed E-state index contributed by atoms with van der Waals surface area (Å²) in [6.45, 7) is 4.69. The summed E-state index contributed by atoms with van der Waals surface area (Å²) in [6, 6.07) is 14.4. The Labute approximate surface area is 165 Å². The first-order valence-corrected chi connectivity index (χ1v) is 10.1. The molecule has 2 atom stereocenters. The van der Waals surface area contributed by atoms with Crippen molar-refractivity contribution in [2.24, 2.45) is 5.92 Å². The number of halogens is 1. The average Bonchev–Trinajstić information content (AvgIpc) is 3.01. The standard InChI is InChI=1S/C22H25ClN2O2/c1-2-27-21(26)18-14-25(13-16-7-4-3-5-8-16)15-22(18)12-6-9-19-17(22)10-11-20(23)24-19/h3-5,7-8,10-11,18H,2,6,9,12-15H2,1H3/t18-,22-/m0/s1. The number of pyridine rings is 1. The van der Waals surface area contributed by atoms with Gasteiger partial charge in [-0.1, -0.05) is 48.0 Å². The van der Waals surface area contributed by atoms with Crippen molar-refractivity contribution < 1.29 is 9.53 Å². The van der Waals surface area contributed by atoms with Gasteiger partial charge >= 0.3 is 5.97 Å². The lowest BCUT2D eigenvalue weighted by molar-refractivity contribution is -0.149. The first kappa shape index (κ1) is 18.5. The Kier molecular flexibility index (Phi) is 5.20. The Balaban J connectivity index is 1.70. The predicted octanol–water partition coefficient (Wildman–Crippen LogP) is 4.00. The summed E-state index contributed by atoms with van der Waals surface area (Å²) in [7, 11) is 0. The Hall–Kier alpha value is -1.91. The molecule has 142 valence electrons. The SMILES string of the molecule is CCOC(=O)[C@@H]1CN(Cc2ccccc2)C[C@]12CCCc1nc(Cl)ccc12. The van der Waals surface area contributed by atoms with Gasteiger partial charge in [0.15, 0.2) is 0 Å². The Morgan fingerprint density at radius 2 is 2.11 bits per heavy atom. The van der Waals surface area contributed by atoms with E-state index in [1.807, 2.05) is 19.1 Å². The average molecular weight is 385 g/mol. The van der Waals surface area contributed by atoms with Gasteiger partial charge in [-0.15, -0.1) is 0 Å². The van der Waals surface area contributed by atoms with Crippen molar-refractivity contribution in [3.63, 3.8) is 0 Å². The highest BCUT2D eigenvalue weighted by molar-refractivity contribution is 6.29. The molecule has 5 heteroatoms. The molecule has 4 nitrogen and oxygen atoms in total. The number of aromatic nitrogens is 1. The van der Waals surface area contributed by atoms with Gasteiger partial charge in [-0.05, 0) is 43.4 Å². The van der Waals surface area contributed by atoms with Crippen LogP contribution >= 0.6 is 11.6 Å². The fraction of sp³-hybridized carbons (Fsp3) is 0.455. The second-order valence-corrected chi connectivity index (χ2v) is 7.99. The molecule has 27 heavy (non-hydrogen) atoms. The van der Waals surface area contributed by atoms with Crippen molar-refractivity contribution in [3.05, 3.63) is 64.4 Å². The van der Waals surface area contributed by atoms with E-state index in [0.717, 1.165) is 44.6 Å². The lowest BCUT2D eigenvalue weighted by Gasteiger charge is -2.38. The Morgan fingerprint density at radius 1 is 1.30 bits per heavy atom. The van der Waals surface area contributed by atoms with Crippen LogP contribution < -0.4 is 0 Å². The molecule has 1 aromatic heterocycles. The molecular weight excluding hydrogens is 360 g/mol. The van der Waals surface area contributed by atoms with E-state index >= 15 is 0 Å². The number of hydrogen-bond acceptors (Lipinski definition) is 4. The highest BCUT2D eigenvalue weighted by atomic mass is 35.5. The normalized spacial score (nSPS) is 24.7. The molecule has 2 aliphatic rings. The topological polar surface area (TPSA) is 42.4 Å². The number of benzene rings is 1. The van der Waals surface area contributed by atoms with Gasteiger partial charge in [0.05, 0.1) is 12.5 Å². The maximum atomic E-state index is 12.9. The third-order valence-electron chi connectivity index (χ3n) is 5.95. The number of nitrogens with zero attached hydrogens (tertiary/aromatic N) is 2. The van der Waals surface area contributed by atoms with Crippen molar-refractivity contribution >= 4 is 17.6 Å². The van der Waals surface area contributed by atoms with Crippen LogP contribution in [0, 0.1) is 5.92 Å². The Bertz CT molecular complexity index is 826. The summed E-state index contributed by atoms with van der Waals surface area (Å²) in [4.78, 5) is 19.9. The molecule has 0 bridgehead atoms. The van der Waals surface area contributed by atoms with Crippen LogP contribution in [0.3, 0.4) is 0 Å². The number of carbonyl (C=O) groups excluding carboxylic acids is 1. The predicted molar refractivity (Wildman–Crippen MR) is 106 cm³/mol. The molecule has 0 unspecified atom stereocenters. The third kappa shape index (κ3) is 3.48. The van der Waals surface area contributed by atoms with Crippen LogP contribution in [0.1, 0.15) is 36.6 Å². The molecule has 1 aliphatic carbocycles. The van der Waals surface area contributed by atoms with Crippen molar-refractivity contribution in [2.45, 2.75) is 38.1 Å². The second-order valence-electron chi connectivity index (χ2n) is 7.60. The van der Waals surface area contributed by atoms with Crippen LogP contribution in [-0.2, 0) is 27.9 Å². The lowest BCUT2D eigenvalue weighted by atomic mass is 9.65. The number of ether oxygens (including phenoxy) is 1. The van der Waals surface area contributed by atoms with E-state index in [1.165, 1.54) is 11.1 Å². The summed E-state index contributed by atoms with van der Waals surface area (Å²) in [5, 5.41) is 0.526. The van der Waals surface area contributed by atoms with Crippen molar-refractivity contribution in [1.82, 2.24) is 9.88 Å². The highest BCUT2D eigenvalue weighted by Crippen LogP contribution is 2.48. The van der Waals surface area contributed by atoms with Crippen LogP contribution in [0.5, 0.6) is 0 Å². The van der Waals surface area contributed by atoms with Crippen LogP contribution in [0.2, 0.25) is 5.15 Å². The molecule has 1 spiro atoms. The third-order valence-corrected chi connectivity index (χ3v) is 6.16. The van der Waals surface area contributed by atoms with Gasteiger partial charge in [0.1, 0.15) is 5.15 Å². The summed E-state index contributed by atoms with van der Waals surface area (Å²) >= 11 is 6.14. The van der Waals surface area contributed by atoms with Crippen molar-refractivity contribution in [3.8, 4) is 0 Å². The molecule has 1 saturated heterocycles. The van der Waals surface area contributed by atoms with Gasteiger partial charge in [0.25, 0.3) is 0 Å². The highest BCUT2D eigenvalue weighted by Gasteiger charge is 2.53. The first-order chi connectivity index (χ1) is 13.1. The molecule has 1 aliphatic heterocycles. The van der Waals surface area contributed by atoms with Crippen LogP contribution in [-0.4, -0.2) is 35.5 Å². The molecule has 2 heterocycles. The zero-order valence-corrected chi connectivity index (χ0v) is 16.4. The minimum Gasteiger partial charge on any atom is -0.466 e. The number of fused-ring (bicyclic) bond motifs is 2. The van der Waals surface area contributed by atoms with E-state index in [0.29, 0.717) is 11.8 Å². The molecule has 0 saturated carbocycles. The van der Waals surface area contributed by atoms with Gasteiger partial charge in [0.2, 0.25) is 0 Å². The number of esters is 1. The zero-order chi connectivity index (χ0) is 18.9. The lowest BCUT2D eigenvalue weighted by Crippen LogP contribution is -2.43. The first-order valence-electron chi connectivity index (χ1n) is 9.71. The summed E-state index contributed by atoms with van der Waals surface area (Å²) in [6.07, 6.45) is 2.93. The van der Waals surface area contributed by atoms with Gasteiger partial charge in [-0.2, -0.15) is 0 Å². The molecular formula is C22H25ClN2O2. The molecule has 0 radical (unpaired) electrons. The minimum atomic E-state index is -0.230. The van der Waals surface area contributed by atoms with Crippen LogP contribution in [0.4, 0.5) is 0 Å². The molecule has 1 fully saturated rings. The Morgan fingerprint density at radius 3 is 2.89 bits per heavy atom. The van der Waals surface area contributed by atoms with Crippen LogP contribution in [0.25, 0.3) is 0 Å².